The highest BCUT2D eigenvalue weighted by Crippen LogP contribution is 2.44. The quantitative estimate of drug-likeness (QED) is 0.693. The summed E-state index contributed by atoms with van der Waals surface area (Å²) in [6.45, 7) is 1.86. The maximum absolute atomic E-state index is 13.1. The van der Waals surface area contributed by atoms with Crippen molar-refractivity contribution in [1.29, 1.82) is 0 Å². The molecular formula is C26H27N3O3. The molecule has 6 heteroatoms. The number of pyridine rings is 1. The molecule has 2 saturated heterocycles. The maximum Gasteiger partial charge on any atom is 0.272 e. The van der Waals surface area contributed by atoms with Crippen LogP contribution in [-0.4, -0.2) is 64.0 Å². The van der Waals surface area contributed by atoms with Crippen LogP contribution in [0.1, 0.15) is 40.1 Å². The number of para-hydroxylation sites is 1. The molecule has 32 heavy (non-hydrogen) atoms. The average Bonchev–Trinajstić information content (AvgIpc) is 3.22. The lowest BCUT2D eigenvalue weighted by atomic mass is 9.76. The second-order valence-corrected chi connectivity index (χ2v) is 9.02. The molecule has 2 fully saturated rings. The van der Waals surface area contributed by atoms with Gasteiger partial charge in [-0.25, -0.2) is 4.98 Å². The first-order valence-electron chi connectivity index (χ1n) is 11.2. The van der Waals surface area contributed by atoms with E-state index in [0.29, 0.717) is 30.9 Å². The summed E-state index contributed by atoms with van der Waals surface area (Å²) in [6, 6.07) is 20.6. The highest BCUT2D eigenvalue weighted by Gasteiger charge is 2.47. The van der Waals surface area contributed by atoms with Crippen LogP contribution in [0.25, 0.3) is 10.9 Å². The minimum atomic E-state index is -0.174. The first kappa shape index (κ1) is 20.6. The summed E-state index contributed by atoms with van der Waals surface area (Å²) < 4.78 is 0. The molecular weight excluding hydrogens is 402 g/mol. The van der Waals surface area contributed by atoms with Gasteiger partial charge in [-0.15, -0.1) is 0 Å². The molecule has 3 heterocycles. The summed E-state index contributed by atoms with van der Waals surface area (Å²) in [5.41, 5.74) is 1.90. The predicted molar refractivity (Wildman–Crippen MR) is 122 cm³/mol. The Kier molecular flexibility index (Phi) is 5.39. The number of rotatable bonds is 3. The highest BCUT2D eigenvalue weighted by molar-refractivity contribution is 5.95. The number of fused-ring (bicyclic) bond motifs is 1. The summed E-state index contributed by atoms with van der Waals surface area (Å²) in [5.74, 6) is -0.0695. The molecule has 2 aliphatic heterocycles. The first-order chi connectivity index (χ1) is 15.6. The van der Waals surface area contributed by atoms with Gasteiger partial charge in [-0.1, -0.05) is 42.5 Å². The zero-order chi connectivity index (χ0) is 22.1. The second kappa shape index (κ2) is 8.36. The van der Waals surface area contributed by atoms with Gasteiger partial charge in [0.1, 0.15) is 5.69 Å². The Bertz CT molecular complexity index is 1140. The lowest BCUT2D eigenvalue weighted by Gasteiger charge is -2.39. The molecule has 1 aromatic heterocycles. The van der Waals surface area contributed by atoms with E-state index in [-0.39, 0.29) is 29.9 Å². The van der Waals surface area contributed by atoms with Crippen molar-refractivity contribution in [1.82, 2.24) is 14.8 Å². The van der Waals surface area contributed by atoms with Gasteiger partial charge < -0.3 is 14.9 Å². The number of nitrogens with zero attached hydrogens (tertiary/aromatic N) is 3. The zero-order valence-corrected chi connectivity index (χ0v) is 18.0. The van der Waals surface area contributed by atoms with Gasteiger partial charge in [-0.2, -0.15) is 0 Å². The molecule has 1 spiro atoms. The number of benzene rings is 2. The average molecular weight is 430 g/mol. The van der Waals surface area contributed by atoms with Gasteiger partial charge in [0.05, 0.1) is 18.2 Å². The molecule has 164 valence electrons. The fraction of sp³-hybridized carbons (Fsp3) is 0.346. The van der Waals surface area contributed by atoms with Crippen molar-refractivity contribution in [3.8, 4) is 0 Å². The fourth-order valence-electron chi connectivity index (χ4n) is 5.21. The van der Waals surface area contributed by atoms with Crippen molar-refractivity contribution in [3.63, 3.8) is 0 Å². The highest BCUT2D eigenvalue weighted by atomic mass is 16.3. The molecule has 3 aromatic rings. The van der Waals surface area contributed by atoms with Gasteiger partial charge >= 0.3 is 0 Å². The smallest absolute Gasteiger partial charge is 0.272 e. The number of aromatic nitrogens is 1. The number of amides is 2. The van der Waals surface area contributed by atoms with E-state index >= 15 is 0 Å². The number of hydrogen-bond acceptors (Lipinski definition) is 4. The van der Waals surface area contributed by atoms with Crippen LogP contribution in [0, 0.1) is 5.41 Å². The number of hydrogen-bond donors (Lipinski definition) is 1. The normalized spacial score (nSPS) is 20.1. The third kappa shape index (κ3) is 3.75. The van der Waals surface area contributed by atoms with E-state index in [0.717, 1.165) is 30.2 Å². The Morgan fingerprint density at radius 3 is 2.41 bits per heavy atom. The Labute approximate surface area is 187 Å². The van der Waals surface area contributed by atoms with Gasteiger partial charge in [-0.05, 0) is 48.9 Å². The molecule has 1 unspecified atom stereocenters. The van der Waals surface area contributed by atoms with Crippen LogP contribution < -0.4 is 0 Å². The van der Waals surface area contributed by atoms with Crippen LogP contribution in [-0.2, 0) is 0 Å². The van der Waals surface area contributed by atoms with Crippen LogP contribution in [0.3, 0.4) is 0 Å². The van der Waals surface area contributed by atoms with Crippen LogP contribution >= 0.6 is 0 Å². The van der Waals surface area contributed by atoms with Crippen molar-refractivity contribution in [3.05, 3.63) is 78.0 Å². The second-order valence-electron chi connectivity index (χ2n) is 9.02. The number of likely N-dealkylation sites (tertiary alicyclic amines) is 2. The molecule has 0 radical (unpaired) electrons. The monoisotopic (exact) mass is 429 g/mol. The Morgan fingerprint density at radius 1 is 0.938 bits per heavy atom. The number of aliphatic hydroxyl groups excluding tert-OH is 1. The van der Waals surface area contributed by atoms with Crippen LogP contribution in [0.5, 0.6) is 0 Å². The Hall–Kier alpha value is -3.25. The van der Waals surface area contributed by atoms with Crippen LogP contribution in [0.15, 0.2) is 66.7 Å². The maximum atomic E-state index is 13.1. The van der Waals surface area contributed by atoms with E-state index < -0.39 is 0 Å². The zero-order valence-electron chi connectivity index (χ0n) is 18.0. The number of carbonyl (C=O) groups is 2. The Balaban J connectivity index is 1.28. The molecule has 1 N–H and O–H groups in total. The number of piperidine rings is 1. The van der Waals surface area contributed by atoms with Crippen molar-refractivity contribution < 1.29 is 14.7 Å². The van der Waals surface area contributed by atoms with Crippen molar-refractivity contribution in [2.45, 2.75) is 25.3 Å². The lowest BCUT2D eigenvalue weighted by molar-refractivity contribution is 0.0555. The number of carbonyl (C=O) groups excluding carboxylic acids is 2. The molecule has 0 saturated carbocycles. The fourth-order valence-corrected chi connectivity index (χ4v) is 5.21. The molecule has 1 atom stereocenters. The molecule has 2 aliphatic rings. The van der Waals surface area contributed by atoms with E-state index in [1.165, 1.54) is 0 Å². The van der Waals surface area contributed by atoms with E-state index in [1.54, 1.807) is 6.07 Å². The molecule has 0 aliphatic carbocycles. The van der Waals surface area contributed by atoms with E-state index in [1.807, 2.05) is 70.5 Å². The minimum absolute atomic E-state index is 0.0274. The summed E-state index contributed by atoms with van der Waals surface area (Å²) in [4.78, 5) is 34.4. The molecule has 2 amide bonds. The summed E-state index contributed by atoms with van der Waals surface area (Å²) >= 11 is 0. The van der Waals surface area contributed by atoms with Gasteiger partial charge in [0, 0.05) is 30.6 Å². The molecule has 6 nitrogen and oxygen atoms in total. The molecule has 2 aromatic carbocycles. The van der Waals surface area contributed by atoms with E-state index in [9.17, 15) is 14.7 Å². The Morgan fingerprint density at radius 2 is 1.66 bits per heavy atom. The summed E-state index contributed by atoms with van der Waals surface area (Å²) in [7, 11) is 0. The van der Waals surface area contributed by atoms with Crippen LogP contribution in [0.2, 0.25) is 0 Å². The first-order valence-corrected chi connectivity index (χ1v) is 11.2. The van der Waals surface area contributed by atoms with Crippen LogP contribution in [0.4, 0.5) is 0 Å². The molecule has 0 bridgehead atoms. The molecule has 5 rings (SSSR count). The third-order valence-electron chi connectivity index (χ3n) is 7.04. The van der Waals surface area contributed by atoms with Gasteiger partial charge in [0.2, 0.25) is 0 Å². The predicted octanol–water partition coefficient (Wildman–Crippen LogP) is 3.36. The number of aliphatic hydroxyl groups is 1. The van der Waals surface area contributed by atoms with Gasteiger partial charge in [-0.3, -0.25) is 9.59 Å². The lowest BCUT2D eigenvalue weighted by Crippen LogP contribution is -2.45. The largest absolute Gasteiger partial charge is 0.394 e. The standard InChI is InChI=1S/C26H27N3O3/c30-17-21-16-26(18-29(21)24(31)20-7-2-1-3-8-20)12-14-28(15-13-26)25(32)23-11-10-19-6-4-5-9-22(19)27-23/h1-11,21,30H,12-18H2. The topological polar surface area (TPSA) is 73.7 Å². The SMILES string of the molecule is O=C(c1ccc2ccccc2n1)N1CCC2(CC1)CC(CO)N(C(=O)c1ccccc1)C2. The minimum Gasteiger partial charge on any atom is -0.394 e. The van der Waals surface area contributed by atoms with Crippen molar-refractivity contribution >= 4 is 22.7 Å². The van der Waals surface area contributed by atoms with E-state index in [4.69, 9.17) is 0 Å². The van der Waals surface area contributed by atoms with Gasteiger partial charge in [0.25, 0.3) is 11.8 Å². The summed E-state index contributed by atoms with van der Waals surface area (Å²) in [6.07, 6.45) is 2.42. The van der Waals surface area contributed by atoms with Crippen molar-refractivity contribution in [2.24, 2.45) is 5.41 Å². The summed E-state index contributed by atoms with van der Waals surface area (Å²) in [5, 5.41) is 11.0. The van der Waals surface area contributed by atoms with Crippen molar-refractivity contribution in [2.75, 3.05) is 26.2 Å². The van der Waals surface area contributed by atoms with Gasteiger partial charge in [0.15, 0.2) is 0 Å². The van der Waals surface area contributed by atoms with E-state index in [2.05, 4.69) is 4.98 Å². The third-order valence-corrected chi connectivity index (χ3v) is 7.04.